The summed E-state index contributed by atoms with van der Waals surface area (Å²) in [6.45, 7) is 1.41. The van der Waals surface area contributed by atoms with Gasteiger partial charge in [0, 0.05) is 37.8 Å². The minimum absolute atomic E-state index is 0.0939. The molecule has 0 saturated carbocycles. The molecule has 5 nitrogen and oxygen atoms in total. The van der Waals surface area contributed by atoms with Gasteiger partial charge in [-0.05, 0) is 36.4 Å². The van der Waals surface area contributed by atoms with Gasteiger partial charge in [0.25, 0.3) is 5.91 Å². The summed E-state index contributed by atoms with van der Waals surface area (Å²) in [5, 5.41) is 0. The molecule has 25 heavy (non-hydrogen) atoms. The minimum Gasteiger partial charge on any atom is -0.465 e. The Hall–Kier alpha value is -2.96. The van der Waals surface area contributed by atoms with Gasteiger partial charge in [0.15, 0.2) is 11.6 Å². The largest absolute Gasteiger partial charge is 0.465 e. The molecule has 130 valence electrons. The predicted molar refractivity (Wildman–Crippen MR) is 86.6 cm³/mol. The average molecular weight is 346 g/mol. The van der Waals surface area contributed by atoms with Gasteiger partial charge >= 0.3 is 0 Å². The van der Waals surface area contributed by atoms with Crippen molar-refractivity contribution in [3.63, 3.8) is 0 Å². The lowest BCUT2D eigenvalue weighted by molar-refractivity contribution is -0.127. The lowest BCUT2D eigenvalue weighted by Crippen LogP contribution is -2.50. The first-order chi connectivity index (χ1) is 12.0. The van der Waals surface area contributed by atoms with Gasteiger partial charge in [0.05, 0.1) is 6.26 Å². The molecule has 1 aliphatic rings. The zero-order valence-electron chi connectivity index (χ0n) is 13.3. The Labute approximate surface area is 143 Å². The molecule has 2 heterocycles. The number of halogens is 2. The van der Waals surface area contributed by atoms with E-state index in [2.05, 4.69) is 0 Å². The molecular formula is C18H16F2N2O3. The SMILES string of the molecule is O=C(/C=C/c1ccco1)N1CCN(C(=O)c2ccc(F)c(F)c2)CC1. The van der Waals surface area contributed by atoms with Crippen LogP contribution in [0.1, 0.15) is 16.1 Å². The van der Waals surface area contributed by atoms with Crippen molar-refractivity contribution in [3.05, 3.63) is 65.6 Å². The van der Waals surface area contributed by atoms with Gasteiger partial charge in [-0.25, -0.2) is 8.78 Å². The Kier molecular flexibility index (Phi) is 4.92. The zero-order chi connectivity index (χ0) is 17.8. The molecule has 0 spiro atoms. The summed E-state index contributed by atoms with van der Waals surface area (Å²) in [5.41, 5.74) is 0.0939. The molecule has 2 aromatic rings. The van der Waals surface area contributed by atoms with E-state index in [0.29, 0.717) is 31.9 Å². The van der Waals surface area contributed by atoms with Crippen molar-refractivity contribution >= 4 is 17.9 Å². The van der Waals surface area contributed by atoms with Crippen LogP contribution >= 0.6 is 0 Å². The maximum absolute atomic E-state index is 13.3. The smallest absolute Gasteiger partial charge is 0.254 e. The van der Waals surface area contributed by atoms with Crippen molar-refractivity contribution in [2.24, 2.45) is 0 Å². The van der Waals surface area contributed by atoms with Gasteiger partial charge in [-0.3, -0.25) is 9.59 Å². The molecule has 1 aromatic carbocycles. The van der Waals surface area contributed by atoms with Crippen molar-refractivity contribution in [2.45, 2.75) is 0 Å². The summed E-state index contributed by atoms with van der Waals surface area (Å²) in [5.74, 6) is -2.01. The van der Waals surface area contributed by atoms with Crippen LogP contribution in [-0.4, -0.2) is 47.8 Å². The van der Waals surface area contributed by atoms with Crippen LogP contribution in [0.3, 0.4) is 0 Å². The van der Waals surface area contributed by atoms with Crippen LogP contribution < -0.4 is 0 Å². The Morgan fingerprint density at radius 2 is 1.72 bits per heavy atom. The van der Waals surface area contributed by atoms with Gasteiger partial charge in [-0.1, -0.05) is 0 Å². The summed E-state index contributed by atoms with van der Waals surface area (Å²) in [7, 11) is 0. The molecule has 0 aliphatic carbocycles. The van der Waals surface area contributed by atoms with Crippen molar-refractivity contribution < 1.29 is 22.8 Å². The fourth-order valence-corrected chi connectivity index (χ4v) is 2.59. The van der Waals surface area contributed by atoms with Crippen molar-refractivity contribution in [1.82, 2.24) is 9.80 Å². The van der Waals surface area contributed by atoms with Crippen LogP contribution in [0.2, 0.25) is 0 Å². The van der Waals surface area contributed by atoms with Crippen LogP contribution in [0.4, 0.5) is 8.78 Å². The van der Waals surface area contributed by atoms with E-state index < -0.39 is 11.6 Å². The van der Waals surface area contributed by atoms with E-state index in [1.165, 1.54) is 23.3 Å². The fourth-order valence-electron chi connectivity index (χ4n) is 2.59. The highest BCUT2D eigenvalue weighted by Crippen LogP contribution is 2.13. The lowest BCUT2D eigenvalue weighted by atomic mass is 10.1. The molecule has 3 rings (SSSR count). The van der Waals surface area contributed by atoms with Crippen molar-refractivity contribution in [1.29, 1.82) is 0 Å². The lowest BCUT2D eigenvalue weighted by Gasteiger charge is -2.34. The average Bonchev–Trinajstić information content (AvgIpc) is 3.15. The van der Waals surface area contributed by atoms with Gasteiger partial charge in [-0.2, -0.15) is 0 Å². The molecule has 0 atom stereocenters. The highest BCUT2D eigenvalue weighted by atomic mass is 19.2. The number of piperazine rings is 1. The summed E-state index contributed by atoms with van der Waals surface area (Å²) in [6.07, 6.45) is 4.53. The second-order valence-electron chi connectivity index (χ2n) is 5.60. The Morgan fingerprint density at radius 1 is 1.00 bits per heavy atom. The topological polar surface area (TPSA) is 53.8 Å². The van der Waals surface area contributed by atoms with E-state index in [-0.39, 0.29) is 17.4 Å². The number of hydrogen-bond donors (Lipinski definition) is 0. The number of amides is 2. The molecule has 1 aromatic heterocycles. The zero-order valence-corrected chi connectivity index (χ0v) is 13.3. The first-order valence-electron chi connectivity index (χ1n) is 7.79. The molecule has 7 heteroatoms. The van der Waals surface area contributed by atoms with E-state index in [4.69, 9.17) is 4.42 Å². The van der Waals surface area contributed by atoms with Gasteiger partial charge in [0.2, 0.25) is 5.91 Å². The third-order valence-corrected chi connectivity index (χ3v) is 3.98. The standard InChI is InChI=1S/C18H16F2N2O3/c19-15-5-3-13(12-16(15)20)18(24)22-9-7-21(8-10-22)17(23)6-4-14-2-1-11-25-14/h1-6,11-12H,7-10H2/b6-4+. The molecule has 0 radical (unpaired) electrons. The monoisotopic (exact) mass is 346 g/mol. The Balaban J connectivity index is 1.56. The third kappa shape index (κ3) is 3.93. The number of rotatable bonds is 3. The van der Waals surface area contributed by atoms with E-state index in [1.807, 2.05) is 0 Å². The normalized spacial score (nSPS) is 15.0. The number of furan rings is 1. The van der Waals surface area contributed by atoms with Crippen molar-refractivity contribution in [3.8, 4) is 0 Å². The van der Waals surface area contributed by atoms with E-state index in [1.54, 1.807) is 23.1 Å². The van der Waals surface area contributed by atoms with Gasteiger partial charge in [0.1, 0.15) is 5.76 Å². The summed E-state index contributed by atoms with van der Waals surface area (Å²) in [4.78, 5) is 27.6. The highest BCUT2D eigenvalue weighted by molar-refractivity contribution is 5.95. The van der Waals surface area contributed by atoms with Crippen LogP contribution in [0.5, 0.6) is 0 Å². The minimum atomic E-state index is -1.05. The molecule has 0 unspecified atom stereocenters. The van der Waals surface area contributed by atoms with Gasteiger partial charge in [-0.15, -0.1) is 0 Å². The van der Waals surface area contributed by atoms with E-state index in [0.717, 1.165) is 12.1 Å². The number of hydrogen-bond acceptors (Lipinski definition) is 3. The van der Waals surface area contributed by atoms with Crippen LogP contribution in [0, 0.1) is 11.6 Å². The Morgan fingerprint density at radius 3 is 2.36 bits per heavy atom. The number of benzene rings is 1. The molecule has 1 saturated heterocycles. The molecule has 1 fully saturated rings. The van der Waals surface area contributed by atoms with Gasteiger partial charge < -0.3 is 14.2 Å². The third-order valence-electron chi connectivity index (χ3n) is 3.98. The molecule has 0 N–H and O–H groups in total. The predicted octanol–water partition coefficient (Wildman–Crippen LogP) is 2.56. The molecular weight excluding hydrogens is 330 g/mol. The summed E-state index contributed by atoms with van der Waals surface area (Å²) in [6, 6.07) is 6.54. The number of nitrogens with zero attached hydrogens (tertiary/aromatic N) is 2. The fraction of sp³-hybridized carbons (Fsp3) is 0.222. The maximum atomic E-state index is 13.3. The van der Waals surface area contributed by atoms with Crippen LogP contribution in [0.15, 0.2) is 47.1 Å². The van der Waals surface area contributed by atoms with Crippen LogP contribution in [0.25, 0.3) is 6.08 Å². The highest BCUT2D eigenvalue weighted by Gasteiger charge is 2.24. The molecule has 2 amide bonds. The number of carbonyl (C=O) groups is 2. The summed E-state index contributed by atoms with van der Waals surface area (Å²) < 4.78 is 31.3. The summed E-state index contributed by atoms with van der Waals surface area (Å²) >= 11 is 0. The van der Waals surface area contributed by atoms with Crippen LogP contribution in [-0.2, 0) is 4.79 Å². The quantitative estimate of drug-likeness (QED) is 0.803. The maximum Gasteiger partial charge on any atom is 0.254 e. The first-order valence-corrected chi connectivity index (χ1v) is 7.79. The van der Waals surface area contributed by atoms with E-state index >= 15 is 0 Å². The second-order valence-corrected chi connectivity index (χ2v) is 5.60. The second kappa shape index (κ2) is 7.29. The molecule has 1 aliphatic heterocycles. The first kappa shape index (κ1) is 16.9. The molecule has 0 bridgehead atoms. The van der Waals surface area contributed by atoms with E-state index in [9.17, 15) is 18.4 Å². The Bertz CT molecular complexity index is 795. The number of carbonyl (C=O) groups excluding carboxylic acids is 2. The van der Waals surface area contributed by atoms with Crippen molar-refractivity contribution in [2.75, 3.05) is 26.2 Å².